The van der Waals surface area contributed by atoms with Crippen molar-refractivity contribution in [2.24, 2.45) is 5.92 Å². The smallest absolute Gasteiger partial charge is 0.255 e. The van der Waals surface area contributed by atoms with E-state index >= 15 is 0 Å². The lowest BCUT2D eigenvalue weighted by Gasteiger charge is -2.21. The van der Waals surface area contributed by atoms with Crippen molar-refractivity contribution >= 4 is 27.5 Å². The van der Waals surface area contributed by atoms with Crippen molar-refractivity contribution in [2.45, 2.75) is 19.8 Å². The maximum Gasteiger partial charge on any atom is 0.255 e. The molecule has 0 spiro atoms. The molecule has 1 amide bonds. The first-order chi connectivity index (χ1) is 8.11. The molecule has 1 aliphatic carbocycles. The minimum absolute atomic E-state index is 0.0457. The van der Waals surface area contributed by atoms with Gasteiger partial charge in [-0.05, 0) is 43.9 Å². The van der Waals surface area contributed by atoms with Crippen LogP contribution in [0.25, 0.3) is 0 Å². The van der Waals surface area contributed by atoms with Crippen molar-refractivity contribution < 1.29 is 4.79 Å². The molecule has 0 saturated heterocycles. The number of hydrogen-bond donors (Lipinski definition) is 1. The second-order valence-electron chi connectivity index (χ2n) is 4.52. The number of carbonyl (C=O) groups is 1. The molecule has 3 nitrogen and oxygen atoms in total. The van der Waals surface area contributed by atoms with E-state index in [4.69, 9.17) is 5.73 Å². The Hall–Kier alpha value is -1.03. The summed E-state index contributed by atoms with van der Waals surface area (Å²) in [5.74, 6) is 0.750. The van der Waals surface area contributed by atoms with Crippen LogP contribution in [-0.4, -0.2) is 23.9 Å². The third kappa shape index (κ3) is 3.00. The molecule has 1 aromatic carbocycles. The standard InChI is InChI=1S/C13H17BrN2O/c1-2-16(8-9-3-4-9)13(17)11-6-5-10(14)7-12(11)15/h5-7,9H,2-4,8,15H2,1H3. The number of nitrogens with two attached hydrogens (primary N) is 1. The third-order valence-corrected chi connectivity index (χ3v) is 3.58. The van der Waals surface area contributed by atoms with E-state index in [0.29, 0.717) is 17.2 Å². The van der Waals surface area contributed by atoms with Gasteiger partial charge in [0.15, 0.2) is 0 Å². The maximum absolute atomic E-state index is 12.3. The first kappa shape index (κ1) is 12.4. The van der Waals surface area contributed by atoms with Crippen molar-refractivity contribution in [1.29, 1.82) is 0 Å². The topological polar surface area (TPSA) is 46.3 Å². The second kappa shape index (κ2) is 5.08. The van der Waals surface area contributed by atoms with E-state index in [9.17, 15) is 4.79 Å². The first-order valence-corrected chi connectivity index (χ1v) is 6.75. The Kier molecular flexibility index (Phi) is 3.72. The molecule has 17 heavy (non-hydrogen) atoms. The fraction of sp³-hybridized carbons (Fsp3) is 0.462. The molecule has 0 heterocycles. The summed E-state index contributed by atoms with van der Waals surface area (Å²) in [5, 5.41) is 0. The van der Waals surface area contributed by atoms with Gasteiger partial charge in [0.2, 0.25) is 0 Å². The van der Waals surface area contributed by atoms with E-state index in [2.05, 4.69) is 15.9 Å². The van der Waals surface area contributed by atoms with Crippen LogP contribution in [0.2, 0.25) is 0 Å². The average molecular weight is 297 g/mol. The molecule has 0 atom stereocenters. The number of halogens is 1. The van der Waals surface area contributed by atoms with Gasteiger partial charge >= 0.3 is 0 Å². The summed E-state index contributed by atoms with van der Waals surface area (Å²) in [6.45, 7) is 3.62. The number of rotatable bonds is 4. The van der Waals surface area contributed by atoms with E-state index in [1.165, 1.54) is 12.8 Å². The molecular formula is C13H17BrN2O. The van der Waals surface area contributed by atoms with Gasteiger partial charge in [-0.2, -0.15) is 0 Å². The average Bonchev–Trinajstić information content (AvgIpc) is 3.09. The Bertz CT molecular complexity index is 429. The predicted octanol–water partition coefficient (Wildman–Crippen LogP) is 2.90. The van der Waals surface area contributed by atoms with Crippen LogP contribution < -0.4 is 5.73 Å². The summed E-state index contributed by atoms with van der Waals surface area (Å²) in [7, 11) is 0. The van der Waals surface area contributed by atoms with E-state index in [-0.39, 0.29) is 5.91 Å². The van der Waals surface area contributed by atoms with Crippen LogP contribution in [-0.2, 0) is 0 Å². The zero-order valence-electron chi connectivity index (χ0n) is 9.95. The van der Waals surface area contributed by atoms with E-state index in [1.54, 1.807) is 12.1 Å². The molecule has 1 aliphatic rings. The van der Waals surface area contributed by atoms with Crippen molar-refractivity contribution in [3.8, 4) is 0 Å². The Morgan fingerprint density at radius 1 is 1.53 bits per heavy atom. The lowest BCUT2D eigenvalue weighted by Crippen LogP contribution is -2.33. The summed E-state index contributed by atoms with van der Waals surface area (Å²) in [6, 6.07) is 5.42. The summed E-state index contributed by atoms with van der Waals surface area (Å²) in [4.78, 5) is 14.2. The molecule has 2 N–H and O–H groups in total. The number of nitrogen functional groups attached to an aromatic ring is 1. The summed E-state index contributed by atoms with van der Waals surface area (Å²) in [5.41, 5.74) is 7.03. The number of anilines is 1. The lowest BCUT2D eigenvalue weighted by atomic mass is 10.1. The molecule has 0 aliphatic heterocycles. The zero-order valence-corrected chi connectivity index (χ0v) is 11.5. The van der Waals surface area contributed by atoms with Crippen molar-refractivity contribution in [3.05, 3.63) is 28.2 Å². The minimum atomic E-state index is 0.0457. The molecule has 2 rings (SSSR count). The molecule has 1 saturated carbocycles. The number of nitrogens with zero attached hydrogens (tertiary/aromatic N) is 1. The lowest BCUT2D eigenvalue weighted by molar-refractivity contribution is 0.0758. The van der Waals surface area contributed by atoms with Crippen molar-refractivity contribution in [2.75, 3.05) is 18.8 Å². The molecule has 0 bridgehead atoms. The molecule has 4 heteroatoms. The van der Waals surface area contributed by atoms with E-state index in [1.807, 2.05) is 17.9 Å². The first-order valence-electron chi connectivity index (χ1n) is 5.96. The number of carbonyl (C=O) groups excluding carboxylic acids is 1. The number of benzene rings is 1. The zero-order chi connectivity index (χ0) is 12.4. The molecule has 92 valence electrons. The normalized spacial score (nSPS) is 14.7. The van der Waals surface area contributed by atoms with Gasteiger partial charge in [-0.1, -0.05) is 15.9 Å². The van der Waals surface area contributed by atoms with Crippen LogP contribution in [0.1, 0.15) is 30.1 Å². The molecular weight excluding hydrogens is 280 g/mol. The van der Waals surface area contributed by atoms with Crippen molar-refractivity contribution in [3.63, 3.8) is 0 Å². The third-order valence-electron chi connectivity index (χ3n) is 3.09. The number of amides is 1. The second-order valence-corrected chi connectivity index (χ2v) is 5.43. The van der Waals surface area contributed by atoms with Crippen LogP contribution in [0, 0.1) is 5.92 Å². The quantitative estimate of drug-likeness (QED) is 0.869. The molecule has 1 fully saturated rings. The van der Waals surface area contributed by atoms with E-state index < -0.39 is 0 Å². The highest BCUT2D eigenvalue weighted by Crippen LogP contribution is 2.30. The Morgan fingerprint density at radius 2 is 2.24 bits per heavy atom. The van der Waals surface area contributed by atoms with Gasteiger partial charge in [-0.25, -0.2) is 0 Å². The summed E-state index contributed by atoms with van der Waals surface area (Å²) >= 11 is 3.34. The highest BCUT2D eigenvalue weighted by Gasteiger charge is 2.27. The van der Waals surface area contributed by atoms with Gasteiger partial charge in [0.05, 0.1) is 5.56 Å². The summed E-state index contributed by atoms with van der Waals surface area (Å²) < 4.78 is 0.900. The largest absolute Gasteiger partial charge is 0.398 e. The Balaban J connectivity index is 2.15. The van der Waals surface area contributed by atoms with Crippen LogP contribution >= 0.6 is 15.9 Å². The fourth-order valence-electron chi connectivity index (χ4n) is 1.87. The van der Waals surface area contributed by atoms with Gasteiger partial charge in [-0.15, -0.1) is 0 Å². The highest BCUT2D eigenvalue weighted by atomic mass is 79.9. The SMILES string of the molecule is CCN(CC1CC1)C(=O)c1ccc(Br)cc1N. The molecule has 1 aromatic rings. The van der Waals surface area contributed by atoms with Crippen LogP contribution in [0.5, 0.6) is 0 Å². The van der Waals surface area contributed by atoms with Gasteiger partial charge in [0.25, 0.3) is 5.91 Å². The molecule has 0 radical (unpaired) electrons. The van der Waals surface area contributed by atoms with Crippen LogP contribution in [0.4, 0.5) is 5.69 Å². The number of hydrogen-bond acceptors (Lipinski definition) is 2. The summed E-state index contributed by atoms with van der Waals surface area (Å²) in [6.07, 6.45) is 2.50. The van der Waals surface area contributed by atoms with E-state index in [0.717, 1.165) is 17.6 Å². The molecule has 0 unspecified atom stereocenters. The van der Waals surface area contributed by atoms with Gasteiger partial charge < -0.3 is 10.6 Å². The van der Waals surface area contributed by atoms with Crippen molar-refractivity contribution in [1.82, 2.24) is 4.90 Å². The van der Waals surface area contributed by atoms with Gasteiger partial charge in [0.1, 0.15) is 0 Å². The Labute approximate surface area is 110 Å². The molecule has 0 aromatic heterocycles. The van der Waals surface area contributed by atoms with Gasteiger partial charge in [-0.3, -0.25) is 4.79 Å². The minimum Gasteiger partial charge on any atom is -0.398 e. The monoisotopic (exact) mass is 296 g/mol. The van der Waals surface area contributed by atoms with Gasteiger partial charge in [0, 0.05) is 23.2 Å². The fourth-order valence-corrected chi connectivity index (χ4v) is 2.25. The highest BCUT2D eigenvalue weighted by molar-refractivity contribution is 9.10. The van der Waals surface area contributed by atoms with Crippen LogP contribution in [0.3, 0.4) is 0 Å². The van der Waals surface area contributed by atoms with Crippen LogP contribution in [0.15, 0.2) is 22.7 Å². The Morgan fingerprint density at radius 3 is 2.76 bits per heavy atom. The predicted molar refractivity (Wildman–Crippen MR) is 72.9 cm³/mol. The maximum atomic E-state index is 12.3.